The molecule has 0 bridgehead atoms. The molecule has 0 aromatic heterocycles. The number of nitrogens with zero attached hydrogens (tertiary/aromatic N) is 1. The average molecular weight is 409 g/mol. The summed E-state index contributed by atoms with van der Waals surface area (Å²) in [5.74, 6) is 0. The van der Waals surface area contributed by atoms with Crippen LogP contribution in [0, 0.1) is 5.41 Å². The van der Waals surface area contributed by atoms with Crippen LogP contribution >= 0.6 is 45.2 Å². The largest absolute Gasteiger partial charge is 0.280 e. The summed E-state index contributed by atoms with van der Waals surface area (Å²) in [6, 6.07) is 0. The lowest BCUT2D eigenvalue weighted by molar-refractivity contribution is 0.124. The van der Waals surface area contributed by atoms with Crippen LogP contribution in [0.3, 0.4) is 0 Å². The molecule has 0 aliphatic heterocycles. The maximum Gasteiger partial charge on any atom is 0.0518 e. The molecule has 0 rings (SSSR count). The van der Waals surface area contributed by atoms with Crippen molar-refractivity contribution >= 4 is 45.2 Å². The lowest BCUT2D eigenvalue weighted by atomic mass is 9.81. The van der Waals surface area contributed by atoms with E-state index in [-0.39, 0.29) is 0 Å². The van der Waals surface area contributed by atoms with Gasteiger partial charge in [-0.3, -0.25) is 4.90 Å². The van der Waals surface area contributed by atoms with E-state index < -0.39 is 0 Å². The smallest absolute Gasteiger partial charge is 0.0518 e. The van der Waals surface area contributed by atoms with Crippen molar-refractivity contribution in [2.45, 2.75) is 46.6 Å². The van der Waals surface area contributed by atoms with Gasteiger partial charge in [0.15, 0.2) is 0 Å². The summed E-state index contributed by atoms with van der Waals surface area (Å²) in [6.45, 7) is 11.6. The Kier molecular flexibility index (Phi) is 6.09. The predicted molar refractivity (Wildman–Crippen MR) is 77.8 cm³/mol. The molecule has 0 unspecified atom stereocenters. The van der Waals surface area contributed by atoms with Gasteiger partial charge in [-0.15, -0.1) is 0 Å². The fraction of sp³-hybridized carbons (Fsp3) is 1.00. The Bertz CT molecular complexity index is 145. The van der Waals surface area contributed by atoms with Crippen LogP contribution in [0.4, 0.5) is 0 Å². The molecule has 0 atom stereocenters. The lowest BCUT2D eigenvalue weighted by Gasteiger charge is -2.40. The molecule has 1 nitrogen and oxygen atoms in total. The second kappa shape index (κ2) is 5.49. The zero-order chi connectivity index (χ0) is 10.7. The molecule has 3 heteroatoms. The van der Waals surface area contributed by atoms with Crippen molar-refractivity contribution in [3.8, 4) is 0 Å². The van der Waals surface area contributed by atoms with E-state index in [9.17, 15) is 0 Å². The number of halogens is 2. The van der Waals surface area contributed by atoms with Gasteiger partial charge < -0.3 is 0 Å². The van der Waals surface area contributed by atoms with Crippen molar-refractivity contribution in [2.75, 3.05) is 9.10 Å². The minimum absolute atomic E-state index is 0.320. The van der Waals surface area contributed by atoms with E-state index in [0.717, 1.165) is 9.10 Å². The Morgan fingerprint density at radius 3 is 1.54 bits per heavy atom. The number of hydrogen-bond donors (Lipinski definition) is 0. The van der Waals surface area contributed by atoms with Crippen molar-refractivity contribution in [3.05, 3.63) is 0 Å². The number of alkyl halides is 2. The molecule has 0 saturated heterocycles. The minimum Gasteiger partial charge on any atom is -0.280 e. The number of rotatable bonds is 4. The molecule has 0 aliphatic rings. The van der Waals surface area contributed by atoms with Crippen molar-refractivity contribution < 1.29 is 0 Å². The molecule has 0 fully saturated rings. The molecule has 80 valence electrons. The Hall–Kier alpha value is 1.42. The first-order chi connectivity index (χ1) is 5.73. The fourth-order valence-corrected chi connectivity index (χ4v) is 5.02. The second-order valence-electron chi connectivity index (χ2n) is 5.33. The highest BCUT2D eigenvalue weighted by Crippen LogP contribution is 2.31. The minimum atomic E-state index is 0.320. The van der Waals surface area contributed by atoms with E-state index in [1.54, 1.807) is 0 Å². The normalized spacial score (nSPS) is 13.8. The van der Waals surface area contributed by atoms with Crippen LogP contribution in [-0.2, 0) is 0 Å². The SMILES string of the molecule is CC(C)(C)CC(C)(C)N(CI)CI. The van der Waals surface area contributed by atoms with E-state index in [2.05, 4.69) is 84.7 Å². The van der Waals surface area contributed by atoms with Gasteiger partial charge in [-0.2, -0.15) is 0 Å². The molecule has 13 heavy (non-hydrogen) atoms. The Morgan fingerprint density at radius 2 is 1.31 bits per heavy atom. The topological polar surface area (TPSA) is 3.24 Å². The fourth-order valence-electron chi connectivity index (χ4n) is 1.77. The van der Waals surface area contributed by atoms with Gasteiger partial charge in [-0.1, -0.05) is 66.0 Å². The summed E-state index contributed by atoms with van der Waals surface area (Å²) < 4.78 is 2.23. The predicted octanol–water partition coefficient (Wildman–Crippen LogP) is 4.29. The molecule has 0 N–H and O–H groups in total. The third-order valence-electron chi connectivity index (χ3n) is 2.11. The van der Waals surface area contributed by atoms with Gasteiger partial charge in [-0.05, 0) is 25.7 Å². The molecule has 0 aromatic rings. The van der Waals surface area contributed by atoms with Crippen molar-refractivity contribution in [1.29, 1.82) is 0 Å². The summed E-state index contributed by atoms with van der Waals surface area (Å²) in [5.41, 5.74) is 0.736. The van der Waals surface area contributed by atoms with E-state index in [1.807, 2.05) is 0 Å². The van der Waals surface area contributed by atoms with Crippen molar-refractivity contribution in [1.82, 2.24) is 4.90 Å². The number of hydrogen-bond acceptors (Lipinski definition) is 1. The molecule has 0 spiro atoms. The van der Waals surface area contributed by atoms with Gasteiger partial charge in [0, 0.05) is 5.54 Å². The molecule has 0 radical (unpaired) electrons. The van der Waals surface area contributed by atoms with Gasteiger partial charge in [0.05, 0.1) is 9.10 Å². The molecule has 0 heterocycles. The average Bonchev–Trinajstić information content (AvgIpc) is 1.83. The lowest BCUT2D eigenvalue weighted by Crippen LogP contribution is -2.44. The van der Waals surface area contributed by atoms with E-state index in [0.29, 0.717) is 11.0 Å². The third kappa shape index (κ3) is 5.77. The monoisotopic (exact) mass is 409 g/mol. The first kappa shape index (κ1) is 14.4. The quantitative estimate of drug-likeness (QED) is 0.381. The van der Waals surface area contributed by atoms with Crippen LogP contribution in [-0.4, -0.2) is 19.5 Å². The van der Waals surface area contributed by atoms with Gasteiger partial charge in [0.2, 0.25) is 0 Å². The Labute approximate surface area is 110 Å². The van der Waals surface area contributed by atoms with Crippen LogP contribution in [0.2, 0.25) is 0 Å². The summed E-state index contributed by atoms with van der Waals surface area (Å²) in [6.07, 6.45) is 1.24. The van der Waals surface area contributed by atoms with E-state index >= 15 is 0 Å². The summed E-state index contributed by atoms with van der Waals surface area (Å²) >= 11 is 4.89. The molecule has 0 aliphatic carbocycles. The summed E-state index contributed by atoms with van der Waals surface area (Å²) in [7, 11) is 0. The third-order valence-corrected chi connectivity index (χ3v) is 3.75. The van der Waals surface area contributed by atoms with E-state index in [4.69, 9.17) is 0 Å². The van der Waals surface area contributed by atoms with Crippen LogP contribution in [0.5, 0.6) is 0 Å². The first-order valence-corrected chi connectivity index (χ1v) is 7.65. The van der Waals surface area contributed by atoms with Crippen LogP contribution in [0.15, 0.2) is 0 Å². The highest BCUT2D eigenvalue weighted by Gasteiger charge is 2.30. The summed E-state index contributed by atoms with van der Waals surface area (Å²) in [4.78, 5) is 2.51. The Morgan fingerprint density at radius 1 is 0.923 bits per heavy atom. The highest BCUT2D eigenvalue weighted by molar-refractivity contribution is 14.1. The maximum absolute atomic E-state index is 2.51. The van der Waals surface area contributed by atoms with E-state index in [1.165, 1.54) is 6.42 Å². The van der Waals surface area contributed by atoms with Gasteiger partial charge >= 0.3 is 0 Å². The zero-order valence-electron chi connectivity index (χ0n) is 9.32. The highest BCUT2D eigenvalue weighted by atomic mass is 127. The molecular formula is C10H21I2N. The van der Waals surface area contributed by atoms with Crippen LogP contribution in [0.25, 0.3) is 0 Å². The standard InChI is InChI=1S/C10H21I2N/c1-9(2,3)6-10(4,5)13(7-11)8-12/h6-8H2,1-5H3. The second-order valence-corrected chi connectivity index (χ2v) is 6.69. The Balaban J connectivity index is 4.36. The van der Waals surface area contributed by atoms with Gasteiger partial charge in [-0.25, -0.2) is 0 Å². The summed E-state index contributed by atoms with van der Waals surface area (Å²) in [5, 5.41) is 0. The molecule has 0 aromatic carbocycles. The zero-order valence-corrected chi connectivity index (χ0v) is 13.6. The van der Waals surface area contributed by atoms with Gasteiger partial charge in [0.1, 0.15) is 0 Å². The maximum atomic E-state index is 2.51. The molecule has 0 amide bonds. The van der Waals surface area contributed by atoms with Crippen LogP contribution < -0.4 is 0 Å². The van der Waals surface area contributed by atoms with Crippen LogP contribution in [0.1, 0.15) is 41.0 Å². The van der Waals surface area contributed by atoms with Crippen molar-refractivity contribution in [3.63, 3.8) is 0 Å². The molecular weight excluding hydrogens is 388 g/mol. The first-order valence-electron chi connectivity index (χ1n) is 4.60. The van der Waals surface area contributed by atoms with Gasteiger partial charge in [0.25, 0.3) is 0 Å². The molecule has 0 saturated carbocycles. The van der Waals surface area contributed by atoms with Crippen molar-refractivity contribution in [2.24, 2.45) is 5.41 Å².